The normalized spacial score (nSPS) is 20.2. The summed E-state index contributed by atoms with van der Waals surface area (Å²) in [5.74, 6) is 1.81. The first-order chi connectivity index (χ1) is 11.6. The molecule has 0 radical (unpaired) electrons. The van der Waals surface area contributed by atoms with Crippen molar-refractivity contribution in [2.45, 2.75) is 51.9 Å². The van der Waals surface area contributed by atoms with Crippen molar-refractivity contribution in [2.24, 2.45) is 5.41 Å². The Kier molecular flexibility index (Phi) is 3.66. The van der Waals surface area contributed by atoms with Crippen molar-refractivity contribution in [3.63, 3.8) is 0 Å². The summed E-state index contributed by atoms with van der Waals surface area (Å²) in [6, 6.07) is 5.77. The lowest BCUT2D eigenvalue weighted by Crippen LogP contribution is -2.20. The van der Waals surface area contributed by atoms with Gasteiger partial charge >= 0.3 is 0 Å². The molecule has 4 rings (SSSR count). The molecule has 2 aliphatic rings. The van der Waals surface area contributed by atoms with Crippen LogP contribution < -0.4 is 4.90 Å². The fraction of sp³-hybridized carbons (Fsp3) is 0.526. The molecule has 0 saturated heterocycles. The van der Waals surface area contributed by atoms with E-state index in [9.17, 15) is 4.79 Å². The molecule has 5 nitrogen and oxygen atoms in total. The van der Waals surface area contributed by atoms with Crippen molar-refractivity contribution < 1.29 is 9.32 Å². The van der Waals surface area contributed by atoms with E-state index in [1.54, 1.807) is 0 Å². The van der Waals surface area contributed by atoms with Crippen molar-refractivity contribution in [1.29, 1.82) is 0 Å². The summed E-state index contributed by atoms with van der Waals surface area (Å²) in [6.45, 7) is 5.49. The second-order valence-electron chi connectivity index (χ2n) is 7.78. The summed E-state index contributed by atoms with van der Waals surface area (Å²) in [5, 5.41) is 4.22. The van der Waals surface area contributed by atoms with E-state index in [1.807, 2.05) is 18.2 Å². The fourth-order valence-corrected chi connectivity index (χ4v) is 3.85. The lowest BCUT2D eigenvalue weighted by atomic mass is 9.73. The Balaban J connectivity index is 1.54. The van der Waals surface area contributed by atoms with Gasteiger partial charge in [0.25, 0.3) is 5.95 Å². The second-order valence-corrected chi connectivity index (χ2v) is 7.78. The van der Waals surface area contributed by atoms with Crippen molar-refractivity contribution in [1.82, 2.24) is 10.1 Å². The quantitative estimate of drug-likeness (QED) is 0.789. The summed E-state index contributed by atoms with van der Waals surface area (Å²) >= 11 is 0. The van der Waals surface area contributed by atoms with Gasteiger partial charge < -0.3 is 9.42 Å². The van der Waals surface area contributed by atoms with Crippen LogP contribution in [-0.4, -0.2) is 23.0 Å². The van der Waals surface area contributed by atoms with Crippen LogP contribution in [0.15, 0.2) is 22.7 Å². The minimum absolute atomic E-state index is 0.388. The number of anilines is 2. The van der Waals surface area contributed by atoms with E-state index in [2.05, 4.69) is 28.9 Å². The predicted octanol–water partition coefficient (Wildman–Crippen LogP) is 4.26. The molecule has 0 unspecified atom stereocenters. The fourth-order valence-electron chi connectivity index (χ4n) is 3.85. The number of nitrogens with zero attached hydrogens (tertiary/aromatic N) is 3. The lowest BCUT2D eigenvalue weighted by molar-refractivity contribution is 0.112. The van der Waals surface area contributed by atoms with Gasteiger partial charge in [0.1, 0.15) is 6.29 Å². The number of benzene rings is 1. The maximum Gasteiger partial charge on any atom is 0.270 e. The highest BCUT2D eigenvalue weighted by atomic mass is 16.5. The van der Waals surface area contributed by atoms with Crippen LogP contribution in [0.1, 0.15) is 67.3 Å². The topological polar surface area (TPSA) is 59.2 Å². The summed E-state index contributed by atoms with van der Waals surface area (Å²) in [6.07, 6.45) is 6.44. The summed E-state index contributed by atoms with van der Waals surface area (Å²) in [4.78, 5) is 17.7. The molecule has 0 bridgehead atoms. The van der Waals surface area contributed by atoms with Crippen LogP contribution in [0.5, 0.6) is 0 Å². The average molecular weight is 325 g/mol. The molecule has 126 valence electrons. The third kappa shape index (κ3) is 2.72. The minimum atomic E-state index is 0.388. The highest BCUT2D eigenvalue weighted by Crippen LogP contribution is 2.42. The molecule has 1 aliphatic heterocycles. The molecule has 1 aromatic carbocycles. The van der Waals surface area contributed by atoms with E-state index in [0.29, 0.717) is 22.8 Å². The van der Waals surface area contributed by atoms with Crippen LogP contribution in [0.2, 0.25) is 0 Å². The number of aldehydes is 1. The SMILES string of the molecule is CC1(C)CCC(c2nc(N3CCc4cc(C=O)ccc43)no2)CC1. The largest absolute Gasteiger partial charge is 0.337 e. The maximum atomic E-state index is 10.9. The zero-order valence-corrected chi connectivity index (χ0v) is 14.3. The van der Waals surface area contributed by atoms with E-state index in [-0.39, 0.29) is 0 Å². The van der Waals surface area contributed by atoms with Gasteiger partial charge in [-0.2, -0.15) is 4.98 Å². The molecule has 24 heavy (non-hydrogen) atoms. The molecular weight excluding hydrogens is 302 g/mol. The molecular formula is C19H23N3O2. The Morgan fingerprint density at radius 2 is 2.08 bits per heavy atom. The minimum Gasteiger partial charge on any atom is -0.337 e. The van der Waals surface area contributed by atoms with Crippen molar-refractivity contribution in [3.8, 4) is 0 Å². The number of rotatable bonds is 3. The molecule has 1 aromatic heterocycles. The standard InChI is InChI=1S/C19H23N3O2/c1-19(2)8-5-14(6-9-19)17-20-18(21-24-17)22-10-7-15-11-13(12-23)3-4-16(15)22/h3-4,11-12,14H,5-10H2,1-2H3. The van der Waals surface area contributed by atoms with Crippen LogP contribution in [-0.2, 0) is 6.42 Å². The average Bonchev–Trinajstić information content (AvgIpc) is 3.20. The summed E-state index contributed by atoms with van der Waals surface area (Å²) in [7, 11) is 0. The molecule has 5 heteroatoms. The first-order valence-corrected chi connectivity index (χ1v) is 8.75. The van der Waals surface area contributed by atoms with Gasteiger partial charge in [0, 0.05) is 23.7 Å². The van der Waals surface area contributed by atoms with Gasteiger partial charge in [0.05, 0.1) is 0 Å². The van der Waals surface area contributed by atoms with E-state index < -0.39 is 0 Å². The number of fused-ring (bicyclic) bond motifs is 1. The molecule has 0 spiro atoms. The Morgan fingerprint density at radius 1 is 1.29 bits per heavy atom. The number of carbonyl (C=O) groups is 1. The Labute approximate surface area is 142 Å². The molecule has 0 N–H and O–H groups in total. The van der Waals surface area contributed by atoms with Gasteiger partial charge in [0.2, 0.25) is 5.89 Å². The van der Waals surface area contributed by atoms with Crippen molar-refractivity contribution >= 4 is 17.9 Å². The summed E-state index contributed by atoms with van der Waals surface area (Å²) in [5.41, 5.74) is 3.40. The molecule has 0 atom stereocenters. The van der Waals surface area contributed by atoms with Crippen LogP contribution in [0.4, 0.5) is 11.6 Å². The number of hydrogen-bond acceptors (Lipinski definition) is 5. The molecule has 1 saturated carbocycles. The smallest absolute Gasteiger partial charge is 0.270 e. The zero-order valence-electron chi connectivity index (χ0n) is 14.3. The van der Waals surface area contributed by atoms with E-state index in [0.717, 1.165) is 43.7 Å². The highest BCUT2D eigenvalue weighted by Gasteiger charge is 2.32. The predicted molar refractivity (Wildman–Crippen MR) is 91.8 cm³/mol. The Bertz CT molecular complexity index is 756. The van der Waals surface area contributed by atoms with Gasteiger partial charge in [-0.15, -0.1) is 0 Å². The van der Waals surface area contributed by atoms with E-state index >= 15 is 0 Å². The van der Waals surface area contributed by atoms with Gasteiger partial charge in [-0.05, 0) is 66.4 Å². The number of aromatic nitrogens is 2. The summed E-state index contributed by atoms with van der Waals surface area (Å²) < 4.78 is 5.59. The van der Waals surface area contributed by atoms with Crippen LogP contribution in [0, 0.1) is 5.41 Å². The highest BCUT2D eigenvalue weighted by molar-refractivity contribution is 5.78. The number of carbonyl (C=O) groups excluding carboxylic acids is 1. The maximum absolute atomic E-state index is 10.9. The Morgan fingerprint density at radius 3 is 2.83 bits per heavy atom. The van der Waals surface area contributed by atoms with Crippen LogP contribution in [0.3, 0.4) is 0 Å². The van der Waals surface area contributed by atoms with E-state index in [1.165, 1.54) is 18.4 Å². The van der Waals surface area contributed by atoms with Crippen molar-refractivity contribution in [3.05, 3.63) is 35.2 Å². The molecule has 2 heterocycles. The Hall–Kier alpha value is -2.17. The zero-order chi connectivity index (χ0) is 16.7. The molecule has 2 aromatic rings. The molecule has 0 amide bonds. The van der Waals surface area contributed by atoms with E-state index in [4.69, 9.17) is 4.52 Å². The first kappa shape index (κ1) is 15.4. The third-order valence-corrected chi connectivity index (χ3v) is 5.50. The van der Waals surface area contributed by atoms with Gasteiger partial charge in [-0.1, -0.05) is 13.8 Å². The molecule has 1 aliphatic carbocycles. The van der Waals surface area contributed by atoms with Gasteiger partial charge in [-0.25, -0.2) is 0 Å². The lowest BCUT2D eigenvalue weighted by Gasteiger charge is -2.32. The second kappa shape index (κ2) is 5.72. The van der Waals surface area contributed by atoms with Crippen molar-refractivity contribution in [2.75, 3.05) is 11.4 Å². The molecule has 1 fully saturated rings. The van der Waals surface area contributed by atoms with Crippen LogP contribution in [0.25, 0.3) is 0 Å². The van der Waals surface area contributed by atoms with Crippen LogP contribution >= 0.6 is 0 Å². The number of hydrogen-bond donors (Lipinski definition) is 0. The van der Waals surface area contributed by atoms with Gasteiger partial charge in [0.15, 0.2) is 0 Å². The van der Waals surface area contributed by atoms with Gasteiger partial charge in [-0.3, -0.25) is 4.79 Å². The third-order valence-electron chi connectivity index (χ3n) is 5.50. The first-order valence-electron chi connectivity index (χ1n) is 8.75. The monoisotopic (exact) mass is 325 g/mol.